The number of carbonyl (C=O) groups is 2. The van der Waals surface area contributed by atoms with E-state index >= 15 is 0 Å². The molecule has 1 saturated heterocycles. The maximum atomic E-state index is 12.5. The lowest BCUT2D eigenvalue weighted by molar-refractivity contribution is 0.0236. The standard InChI is InChI=1S/C25H30N6O4/c1-5-31-14-19(15-31)34-18-10-11-20(26-13-18)23(32)27-16-6-8-17(9-7-16)28-24(33)29-22-12-21(35-30-22)25(2,3)4/h6-13,19H,5,14-15H2,1-4H3,(H,27,32)(H2,28,29,30,33). The molecular weight excluding hydrogens is 448 g/mol. The minimum Gasteiger partial charge on any atom is -0.486 e. The summed E-state index contributed by atoms with van der Waals surface area (Å²) in [6.45, 7) is 10.9. The summed E-state index contributed by atoms with van der Waals surface area (Å²) in [6.07, 6.45) is 1.73. The fourth-order valence-corrected chi connectivity index (χ4v) is 3.43. The van der Waals surface area contributed by atoms with Crippen LogP contribution in [0.4, 0.5) is 22.0 Å². The highest BCUT2D eigenvalue weighted by Crippen LogP contribution is 2.24. The number of rotatable bonds is 7. The van der Waals surface area contributed by atoms with Crippen molar-refractivity contribution in [2.24, 2.45) is 0 Å². The molecule has 1 aliphatic rings. The van der Waals surface area contributed by atoms with Gasteiger partial charge in [-0.15, -0.1) is 0 Å². The Morgan fingerprint density at radius 1 is 1.06 bits per heavy atom. The highest BCUT2D eigenvalue weighted by molar-refractivity contribution is 6.03. The molecule has 3 amide bonds. The molecule has 10 heteroatoms. The Balaban J connectivity index is 1.26. The van der Waals surface area contributed by atoms with Gasteiger partial charge in [-0.05, 0) is 42.9 Å². The summed E-state index contributed by atoms with van der Waals surface area (Å²) in [5.74, 6) is 1.31. The number of benzene rings is 1. The highest BCUT2D eigenvalue weighted by Gasteiger charge is 2.27. The molecule has 3 heterocycles. The maximum absolute atomic E-state index is 12.5. The number of hydrogen-bond donors (Lipinski definition) is 3. The molecule has 1 aliphatic heterocycles. The van der Waals surface area contributed by atoms with Gasteiger partial charge >= 0.3 is 6.03 Å². The SMILES string of the molecule is CCN1CC(Oc2ccc(C(=O)Nc3ccc(NC(=O)Nc4cc(C(C)(C)C)on4)cc3)nc2)C1. The normalized spacial score (nSPS) is 14.2. The number of ether oxygens (including phenoxy) is 1. The first kappa shape index (κ1) is 24.2. The average molecular weight is 479 g/mol. The average Bonchev–Trinajstić information content (AvgIpc) is 3.26. The smallest absolute Gasteiger partial charge is 0.324 e. The lowest BCUT2D eigenvalue weighted by atomic mass is 9.93. The maximum Gasteiger partial charge on any atom is 0.324 e. The van der Waals surface area contributed by atoms with Crippen molar-refractivity contribution in [3.8, 4) is 5.75 Å². The summed E-state index contributed by atoms with van der Waals surface area (Å²) in [6, 6.07) is 11.4. The van der Waals surface area contributed by atoms with Crippen molar-refractivity contribution >= 4 is 29.1 Å². The lowest BCUT2D eigenvalue weighted by Gasteiger charge is -2.38. The number of aromatic nitrogens is 2. The molecule has 0 atom stereocenters. The number of urea groups is 1. The third-order valence-electron chi connectivity index (χ3n) is 5.53. The molecule has 0 spiro atoms. The van der Waals surface area contributed by atoms with Crippen LogP contribution in [0, 0.1) is 0 Å². The number of amides is 3. The summed E-state index contributed by atoms with van der Waals surface area (Å²) in [5, 5.41) is 12.0. The number of pyridine rings is 1. The van der Waals surface area contributed by atoms with E-state index in [1.54, 1.807) is 48.7 Å². The van der Waals surface area contributed by atoms with Crippen molar-refractivity contribution in [1.29, 1.82) is 0 Å². The predicted molar refractivity (Wildman–Crippen MR) is 133 cm³/mol. The number of likely N-dealkylation sites (tertiary alicyclic amines) is 1. The van der Waals surface area contributed by atoms with Crippen molar-refractivity contribution in [2.75, 3.05) is 35.6 Å². The molecule has 4 rings (SSSR count). The van der Waals surface area contributed by atoms with E-state index in [1.165, 1.54) is 0 Å². The van der Waals surface area contributed by atoms with Crippen LogP contribution in [0.2, 0.25) is 0 Å². The highest BCUT2D eigenvalue weighted by atomic mass is 16.5. The largest absolute Gasteiger partial charge is 0.486 e. The van der Waals surface area contributed by atoms with E-state index < -0.39 is 6.03 Å². The number of hydrogen-bond acceptors (Lipinski definition) is 7. The predicted octanol–water partition coefficient (Wildman–Crippen LogP) is 4.35. The van der Waals surface area contributed by atoms with Crippen molar-refractivity contribution < 1.29 is 18.8 Å². The number of likely N-dealkylation sites (N-methyl/N-ethyl adjacent to an activating group) is 1. The van der Waals surface area contributed by atoms with Crippen molar-refractivity contribution in [1.82, 2.24) is 15.0 Å². The van der Waals surface area contributed by atoms with Gasteiger partial charge in [0.1, 0.15) is 23.3 Å². The van der Waals surface area contributed by atoms with Crippen LogP contribution >= 0.6 is 0 Å². The molecule has 3 N–H and O–H groups in total. The molecule has 2 aromatic heterocycles. The van der Waals surface area contributed by atoms with Gasteiger partial charge in [0.15, 0.2) is 5.82 Å². The van der Waals surface area contributed by atoms with E-state index in [2.05, 4.69) is 37.9 Å². The first-order valence-electron chi connectivity index (χ1n) is 11.5. The first-order chi connectivity index (χ1) is 16.7. The Morgan fingerprint density at radius 3 is 2.31 bits per heavy atom. The Bertz CT molecular complexity index is 1160. The number of nitrogens with zero attached hydrogens (tertiary/aromatic N) is 3. The summed E-state index contributed by atoms with van der Waals surface area (Å²) in [4.78, 5) is 31.3. The van der Waals surface area contributed by atoms with Gasteiger partial charge in [-0.3, -0.25) is 15.0 Å². The summed E-state index contributed by atoms with van der Waals surface area (Å²) in [5.41, 5.74) is 1.20. The van der Waals surface area contributed by atoms with E-state index in [-0.39, 0.29) is 23.1 Å². The molecule has 0 bridgehead atoms. The fourth-order valence-electron chi connectivity index (χ4n) is 3.43. The third-order valence-corrected chi connectivity index (χ3v) is 5.53. The van der Waals surface area contributed by atoms with Gasteiger partial charge in [0.2, 0.25) is 0 Å². The van der Waals surface area contributed by atoms with Gasteiger partial charge in [0.05, 0.1) is 6.20 Å². The Hall–Kier alpha value is -3.92. The van der Waals surface area contributed by atoms with E-state index in [4.69, 9.17) is 9.26 Å². The van der Waals surface area contributed by atoms with E-state index in [0.29, 0.717) is 28.7 Å². The molecule has 0 aliphatic carbocycles. The van der Waals surface area contributed by atoms with Gasteiger partial charge < -0.3 is 19.9 Å². The molecule has 1 fully saturated rings. The van der Waals surface area contributed by atoms with Gasteiger partial charge in [0, 0.05) is 35.9 Å². The second kappa shape index (κ2) is 10.1. The number of nitrogens with one attached hydrogen (secondary N) is 3. The molecular formula is C25H30N6O4. The fraction of sp³-hybridized carbons (Fsp3) is 0.360. The quantitative estimate of drug-likeness (QED) is 0.462. The zero-order valence-corrected chi connectivity index (χ0v) is 20.3. The summed E-state index contributed by atoms with van der Waals surface area (Å²) >= 11 is 0. The van der Waals surface area contributed by atoms with Crippen LogP contribution in [0.3, 0.4) is 0 Å². The number of anilines is 3. The minimum atomic E-state index is -0.452. The second-order valence-corrected chi connectivity index (χ2v) is 9.41. The van der Waals surface area contributed by atoms with Crippen LogP contribution in [0.5, 0.6) is 5.75 Å². The van der Waals surface area contributed by atoms with Gasteiger partial charge in [-0.1, -0.05) is 32.9 Å². The summed E-state index contributed by atoms with van der Waals surface area (Å²) < 4.78 is 11.1. The molecule has 10 nitrogen and oxygen atoms in total. The lowest BCUT2D eigenvalue weighted by Crippen LogP contribution is -2.53. The van der Waals surface area contributed by atoms with Gasteiger partial charge in [-0.25, -0.2) is 9.78 Å². The second-order valence-electron chi connectivity index (χ2n) is 9.41. The summed E-state index contributed by atoms with van der Waals surface area (Å²) in [7, 11) is 0. The van der Waals surface area contributed by atoms with Crippen molar-refractivity contribution in [2.45, 2.75) is 39.2 Å². The topological polar surface area (TPSA) is 122 Å². The van der Waals surface area contributed by atoms with Crippen LogP contribution in [0.1, 0.15) is 43.9 Å². The van der Waals surface area contributed by atoms with Gasteiger partial charge in [-0.2, -0.15) is 0 Å². The van der Waals surface area contributed by atoms with E-state index in [1.807, 2.05) is 20.8 Å². The van der Waals surface area contributed by atoms with Crippen molar-refractivity contribution in [3.63, 3.8) is 0 Å². The monoisotopic (exact) mass is 478 g/mol. The minimum absolute atomic E-state index is 0.169. The van der Waals surface area contributed by atoms with Crippen LogP contribution in [0.15, 0.2) is 53.2 Å². The number of carbonyl (C=O) groups excluding carboxylic acids is 2. The third kappa shape index (κ3) is 6.36. The van der Waals surface area contributed by atoms with Crippen LogP contribution < -0.4 is 20.7 Å². The van der Waals surface area contributed by atoms with Crippen molar-refractivity contribution in [3.05, 3.63) is 60.1 Å². The Labute approximate surface area is 204 Å². The van der Waals surface area contributed by atoms with E-state index in [9.17, 15) is 9.59 Å². The molecule has 0 saturated carbocycles. The molecule has 0 unspecified atom stereocenters. The Kier molecular flexibility index (Phi) is 7.02. The molecule has 35 heavy (non-hydrogen) atoms. The molecule has 184 valence electrons. The van der Waals surface area contributed by atoms with Gasteiger partial charge in [0.25, 0.3) is 5.91 Å². The van der Waals surface area contributed by atoms with Crippen LogP contribution in [-0.2, 0) is 5.41 Å². The molecule has 3 aromatic rings. The first-order valence-corrected chi connectivity index (χ1v) is 11.5. The zero-order chi connectivity index (χ0) is 25.0. The Morgan fingerprint density at radius 2 is 1.74 bits per heavy atom. The van der Waals surface area contributed by atoms with Crippen LogP contribution in [0.25, 0.3) is 0 Å². The molecule has 1 aromatic carbocycles. The van der Waals surface area contributed by atoms with E-state index in [0.717, 1.165) is 19.6 Å². The zero-order valence-electron chi connectivity index (χ0n) is 20.3. The molecule has 0 radical (unpaired) electrons. The van der Waals surface area contributed by atoms with Crippen LogP contribution in [-0.4, -0.2) is 52.7 Å².